The maximum absolute atomic E-state index is 5.67. The second-order valence-electron chi connectivity index (χ2n) is 4.92. The zero-order chi connectivity index (χ0) is 13.0. The topological polar surface area (TPSA) is 63.8 Å². The molecule has 1 aliphatic carbocycles. The van der Waals surface area contributed by atoms with Gasteiger partial charge in [-0.1, -0.05) is 25.6 Å². The third-order valence-corrected chi connectivity index (χ3v) is 3.96. The van der Waals surface area contributed by atoms with Crippen LogP contribution in [0, 0.1) is 5.92 Å². The van der Waals surface area contributed by atoms with Gasteiger partial charge in [0.05, 0.1) is 5.56 Å². The van der Waals surface area contributed by atoms with Gasteiger partial charge in [-0.2, -0.15) is 0 Å². The minimum atomic E-state index is 0.348. The summed E-state index contributed by atoms with van der Waals surface area (Å²) in [5.41, 5.74) is 6.42. The van der Waals surface area contributed by atoms with Gasteiger partial charge in [-0.05, 0) is 31.6 Å². The van der Waals surface area contributed by atoms with Crippen molar-refractivity contribution in [2.24, 2.45) is 11.7 Å². The van der Waals surface area contributed by atoms with E-state index < -0.39 is 0 Å². The summed E-state index contributed by atoms with van der Waals surface area (Å²) in [5.74, 6) is 1.67. The SMILES string of the molecule is CCC1CCC(Nc2ncncc2C(N)=S)CC1. The normalized spacial score (nSPS) is 23.6. The van der Waals surface area contributed by atoms with Crippen LogP contribution < -0.4 is 11.1 Å². The van der Waals surface area contributed by atoms with Crippen LogP contribution in [0.15, 0.2) is 12.5 Å². The molecule has 4 nitrogen and oxygen atoms in total. The minimum absolute atomic E-state index is 0.348. The predicted molar refractivity (Wildman–Crippen MR) is 77.6 cm³/mol. The molecule has 0 aromatic carbocycles. The van der Waals surface area contributed by atoms with E-state index in [0.29, 0.717) is 11.0 Å². The molecule has 1 fully saturated rings. The Morgan fingerprint density at radius 2 is 2.17 bits per heavy atom. The number of nitrogens with zero attached hydrogens (tertiary/aromatic N) is 2. The summed E-state index contributed by atoms with van der Waals surface area (Å²) in [6, 6.07) is 0.482. The van der Waals surface area contributed by atoms with Crippen molar-refractivity contribution in [3.05, 3.63) is 18.1 Å². The van der Waals surface area contributed by atoms with Crippen molar-refractivity contribution in [3.63, 3.8) is 0 Å². The smallest absolute Gasteiger partial charge is 0.139 e. The third-order valence-electron chi connectivity index (χ3n) is 3.74. The highest BCUT2D eigenvalue weighted by Gasteiger charge is 2.21. The lowest BCUT2D eigenvalue weighted by molar-refractivity contribution is 0.330. The number of aromatic nitrogens is 2. The summed E-state index contributed by atoms with van der Waals surface area (Å²) in [6.45, 7) is 2.27. The van der Waals surface area contributed by atoms with Crippen LogP contribution in [-0.2, 0) is 0 Å². The Kier molecular flexibility index (Phi) is 4.47. The standard InChI is InChI=1S/C13H20N4S/c1-2-9-3-5-10(6-4-9)17-13-11(12(14)18)7-15-8-16-13/h7-10H,2-6H2,1H3,(H2,14,18)(H,15,16,17). The molecule has 1 heterocycles. The first-order valence-electron chi connectivity index (χ1n) is 6.57. The van der Waals surface area contributed by atoms with Gasteiger partial charge in [0.2, 0.25) is 0 Å². The lowest BCUT2D eigenvalue weighted by Gasteiger charge is -2.29. The second kappa shape index (κ2) is 6.09. The number of nitrogens with one attached hydrogen (secondary N) is 1. The van der Waals surface area contributed by atoms with E-state index in [2.05, 4.69) is 22.2 Å². The zero-order valence-electron chi connectivity index (χ0n) is 10.7. The van der Waals surface area contributed by atoms with E-state index in [1.807, 2.05) is 0 Å². The van der Waals surface area contributed by atoms with Crippen molar-refractivity contribution in [2.75, 3.05) is 5.32 Å². The first-order valence-corrected chi connectivity index (χ1v) is 6.97. The Bertz CT molecular complexity index is 413. The summed E-state index contributed by atoms with van der Waals surface area (Å²) in [5, 5.41) is 3.46. The van der Waals surface area contributed by atoms with Crippen molar-refractivity contribution in [3.8, 4) is 0 Å². The van der Waals surface area contributed by atoms with Crippen molar-refractivity contribution < 1.29 is 0 Å². The number of hydrogen-bond acceptors (Lipinski definition) is 4. The molecule has 3 N–H and O–H groups in total. The van der Waals surface area contributed by atoms with Gasteiger partial charge in [0.15, 0.2) is 0 Å². The van der Waals surface area contributed by atoms with Crippen molar-refractivity contribution in [1.82, 2.24) is 9.97 Å². The van der Waals surface area contributed by atoms with Gasteiger partial charge in [0, 0.05) is 12.2 Å². The van der Waals surface area contributed by atoms with E-state index in [4.69, 9.17) is 18.0 Å². The van der Waals surface area contributed by atoms with Gasteiger partial charge in [0.25, 0.3) is 0 Å². The van der Waals surface area contributed by atoms with Crippen molar-refractivity contribution in [1.29, 1.82) is 0 Å². The fourth-order valence-electron chi connectivity index (χ4n) is 2.53. The molecule has 0 bridgehead atoms. The number of rotatable bonds is 4. The van der Waals surface area contributed by atoms with Crippen LogP contribution in [0.5, 0.6) is 0 Å². The van der Waals surface area contributed by atoms with Crippen LogP contribution in [-0.4, -0.2) is 21.0 Å². The van der Waals surface area contributed by atoms with Crippen molar-refractivity contribution >= 4 is 23.0 Å². The van der Waals surface area contributed by atoms with E-state index in [9.17, 15) is 0 Å². The lowest BCUT2D eigenvalue weighted by atomic mass is 9.84. The third kappa shape index (κ3) is 3.16. The molecule has 0 aliphatic heterocycles. The maximum atomic E-state index is 5.67. The van der Waals surface area contributed by atoms with E-state index >= 15 is 0 Å². The molecule has 1 aliphatic rings. The number of nitrogens with two attached hydrogens (primary N) is 1. The quantitative estimate of drug-likeness (QED) is 0.818. The number of hydrogen-bond donors (Lipinski definition) is 2. The molecule has 98 valence electrons. The van der Waals surface area contributed by atoms with E-state index in [-0.39, 0.29) is 0 Å². The number of anilines is 1. The van der Waals surface area contributed by atoms with Crippen LogP contribution in [0.2, 0.25) is 0 Å². The van der Waals surface area contributed by atoms with Gasteiger partial charge in [-0.15, -0.1) is 0 Å². The highest BCUT2D eigenvalue weighted by Crippen LogP contribution is 2.28. The predicted octanol–water partition coefficient (Wildman–Crippen LogP) is 2.49. The molecule has 0 radical (unpaired) electrons. The Balaban J connectivity index is 2.00. The fraction of sp³-hybridized carbons (Fsp3) is 0.615. The molecule has 5 heteroatoms. The molecule has 0 atom stereocenters. The van der Waals surface area contributed by atoms with Gasteiger partial charge in [0.1, 0.15) is 17.1 Å². The van der Waals surface area contributed by atoms with Crippen molar-refractivity contribution in [2.45, 2.75) is 45.1 Å². The summed E-state index contributed by atoms with van der Waals surface area (Å²) in [6.07, 6.45) is 9.47. The monoisotopic (exact) mass is 264 g/mol. The fourth-order valence-corrected chi connectivity index (χ4v) is 2.68. The van der Waals surface area contributed by atoms with E-state index in [1.54, 1.807) is 6.20 Å². The van der Waals surface area contributed by atoms with E-state index in [0.717, 1.165) is 17.3 Å². The Morgan fingerprint density at radius 1 is 1.44 bits per heavy atom. The molecule has 0 unspecified atom stereocenters. The average molecular weight is 264 g/mol. The maximum Gasteiger partial charge on any atom is 0.139 e. The Hall–Kier alpha value is -1.23. The van der Waals surface area contributed by atoms with Crippen LogP contribution >= 0.6 is 12.2 Å². The molecule has 1 saturated carbocycles. The summed E-state index contributed by atoms with van der Waals surface area (Å²) >= 11 is 5.01. The molecule has 18 heavy (non-hydrogen) atoms. The molecule has 0 spiro atoms. The van der Waals surface area contributed by atoms with Gasteiger partial charge in [-0.3, -0.25) is 0 Å². The molecule has 0 saturated heterocycles. The van der Waals surface area contributed by atoms with Crippen LogP contribution in [0.3, 0.4) is 0 Å². The first kappa shape index (κ1) is 13.2. The second-order valence-corrected chi connectivity index (χ2v) is 5.36. The molecule has 2 rings (SSSR count). The van der Waals surface area contributed by atoms with Crippen LogP contribution in [0.25, 0.3) is 0 Å². The molecule has 0 amide bonds. The lowest BCUT2D eigenvalue weighted by Crippen LogP contribution is -2.27. The molecular formula is C13H20N4S. The number of thiocarbonyl (C=S) groups is 1. The van der Waals surface area contributed by atoms with Gasteiger partial charge >= 0.3 is 0 Å². The highest BCUT2D eigenvalue weighted by molar-refractivity contribution is 7.80. The zero-order valence-corrected chi connectivity index (χ0v) is 11.5. The molecular weight excluding hydrogens is 244 g/mol. The van der Waals surface area contributed by atoms with E-state index in [1.165, 1.54) is 38.4 Å². The first-order chi connectivity index (χ1) is 8.70. The van der Waals surface area contributed by atoms with Crippen LogP contribution in [0.4, 0.5) is 5.82 Å². The van der Waals surface area contributed by atoms with Gasteiger partial charge < -0.3 is 11.1 Å². The summed E-state index contributed by atoms with van der Waals surface area (Å²) < 4.78 is 0. The summed E-state index contributed by atoms with van der Waals surface area (Å²) in [7, 11) is 0. The largest absolute Gasteiger partial charge is 0.389 e. The minimum Gasteiger partial charge on any atom is -0.389 e. The Morgan fingerprint density at radius 3 is 2.78 bits per heavy atom. The molecule has 1 aromatic rings. The Labute approximate surface area is 113 Å². The van der Waals surface area contributed by atoms with Crippen LogP contribution in [0.1, 0.15) is 44.6 Å². The molecule has 1 aromatic heterocycles. The van der Waals surface area contributed by atoms with Gasteiger partial charge in [-0.25, -0.2) is 9.97 Å². The highest BCUT2D eigenvalue weighted by atomic mass is 32.1. The average Bonchev–Trinajstić information content (AvgIpc) is 2.40. The summed E-state index contributed by atoms with van der Waals surface area (Å²) in [4.78, 5) is 8.56.